The van der Waals surface area contributed by atoms with Crippen LogP contribution in [0.3, 0.4) is 0 Å². The topological polar surface area (TPSA) is 58.2 Å². The largest absolute Gasteiger partial charge is 0.348 e. The quantitative estimate of drug-likeness (QED) is 0.840. The molecular formula is C15H14Cl2N2O2S. The van der Waals surface area contributed by atoms with Gasteiger partial charge in [-0.15, -0.1) is 11.3 Å². The fourth-order valence-electron chi connectivity index (χ4n) is 1.94. The van der Waals surface area contributed by atoms with Crippen LogP contribution in [-0.2, 0) is 9.59 Å². The van der Waals surface area contributed by atoms with E-state index in [0.717, 1.165) is 4.88 Å². The number of rotatable bonds is 5. The van der Waals surface area contributed by atoms with Gasteiger partial charge in [0.15, 0.2) is 0 Å². The van der Waals surface area contributed by atoms with Crippen LogP contribution in [0, 0.1) is 0 Å². The smallest absolute Gasteiger partial charge is 0.226 e. The summed E-state index contributed by atoms with van der Waals surface area (Å²) in [6.45, 7) is 1.42. The highest BCUT2D eigenvalue weighted by Gasteiger charge is 2.18. The fourth-order valence-corrected chi connectivity index (χ4v) is 3.05. The van der Waals surface area contributed by atoms with E-state index < -0.39 is 0 Å². The Labute approximate surface area is 142 Å². The summed E-state index contributed by atoms with van der Waals surface area (Å²) < 4.78 is 0. The van der Waals surface area contributed by atoms with Crippen LogP contribution in [0.4, 0.5) is 5.69 Å². The number of hydrogen-bond donors (Lipinski definition) is 2. The zero-order chi connectivity index (χ0) is 16.1. The zero-order valence-corrected chi connectivity index (χ0v) is 14.1. The van der Waals surface area contributed by atoms with Crippen molar-refractivity contribution in [3.05, 3.63) is 50.6 Å². The van der Waals surface area contributed by atoms with Gasteiger partial charge in [-0.3, -0.25) is 9.59 Å². The Bertz CT molecular complexity index is 674. The second-order valence-corrected chi connectivity index (χ2v) is 6.47. The van der Waals surface area contributed by atoms with Gasteiger partial charge in [-0.25, -0.2) is 0 Å². The van der Waals surface area contributed by atoms with Crippen molar-refractivity contribution in [3.8, 4) is 0 Å². The van der Waals surface area contributed by atoms with Gasteiger partial charge in [0.1, 0.15) is 0 Å². The first kappa shape index (κ1) is 16.8. The molecule has 2 N–H and O–H groups in total. The van der Waals surface area contributed by atoms with Crippen molar-refractivity contribution in [2.75, 3.05) is 5.32 Å². The molecule has 0 aliphatic carbocycles. The van der Waals surface area contributed by atoms with E-state index in [9.17, 15) is 9.59 Å². The molecule has 22 heavy (non-hydrogen) atoms. The standard InChI is InChI=1S/C15H14Cl2N2O2S/c1-9(20)18-13(14-3-2-6-22-14)8-15(21)19-12-7-10(16)4-5-11(12)17/h2-7,13H,8H2,1H3,(H,18,20)(H,19,21). The molecule has 2 amide bonds. The second-order valence-electron chi connectivity index (χ2n) is 4.64. The third-order valence-electron chi connectivity index (χ3n) is 2.86. The monoisotopic (exact) mass is 356 g/mol. The summed E-state index contributed by atoms with van der Waals surface area (Å²) in [6.07, 6.45) is 0.114. The number of benzene rings is 1. The third-order valence-corrected chi connectivity index (χ3v) is 4.41. The Morgan fingerprint density at radius 3 is 2.68 bits per heavy atom. The first-order valence-electron chi connectivity index (χ1n) is 6.51. The van der Waals surface area contributed by atoms with Crippen LogP contribution in [0.5, 0.6) is 0 Å². The average molecular weight is 357 g/mol. The van der Waals surface area contributed by atoms with Crippen LogP contribution in [0.2, 0.25) is 10.0 Å². The Hall–Kier alpha value is -1.56. The summed E-state index contributed by atoms with van der Waals surface area (Å²) in [7, 11) is 0. The molecule has 0 fully saturated rings. The van der Waals surface area contributed by atoms with Crippen molar-refractivity contribution in [3.63, 3.8) is 0 Å². The predicted molar refractivity (Wildman–Crippen MR) is 90.6 cm³/mol. The number of nitrogens with one attached hydrogen (secondary N) is 2. The molecule has 0 saturated heterocycles. The van der Waals surface area contributed by atoms with Crippen molar-refractivity contribution < 1.29 is 9.59 Å². The van der Waals surface area contributed by atoms with Crippen LogP contribution in [-0.4, -0.2) is 11.8 Å². The lowest BCUT2D eigenvalue weighted by atomic mass is 10.1. The lowest BCUT2D eigenvalue weighted by Gasteiger charge is -2.16. The Morgan fingerprint density at radius 2 is 2.05 bits per heavy atom. The van der Waals surface area contributed by atoms with Gasteiger partial charge in [-0.05, 0) is 29.6 Å². The number of carbonyl (C=O) groups is 2. The third kappa shape index (κ3) is 4.73. The maximum atomic E-state index is 12.2. The molecule has 0 aliphatic heterocycles. The van der Waals surface area contributed by atoms with Crippen molar-refractivity contribution in [1.82, 2.24) is 5.32 Å². The van der Waals surface area contributed by atoms with Gasteiger partial charge in [0.25, 0.3) is 0 Å². The molecule has 0 spiro atoms. The predicted octanol–water partition coefficient (Wildman–Crippen LogP) is 4.26. The number of hydrogen-bond acceptors (Lipinski definition) is 3. The first-order valence-corrected chi connectivity index (χ1v) is 8.14. The van der Waals surface area contributed by atoms with Gasteiger partial charge < -0.3 is 10.6 Å². The Balaban J connectivity index is 2.08. The highest BCUT2D eigenvalue weighted by Crippen LogP contribution is 2.27. The normalized spacial score (nSPS) is 11.8. The summed E-state index contributed by atoms with van der Waals surface area (Å²) >= 11 is 13.4. The molecule has 0 aliphatic rings. The van der Waals surface area contributed by atoms with E-state index in [2.05, 4.69) is 10.6 Å². The summed E-state index contributed by atoms with van der Waals surface area (Å²) in [4.78, 5) is 24.4. The minimum absolute atomic E-state index is 0.114. The molecule has 0 saturated carbocycles. The van der Waals surface area contributed by atoms with Crippen molar-refractivity contribution in [1.29, 1.82) is 0 Å². The number of amides is 2. The van der Waals surface area contributed by atoms with Gasteiger partial charge in [-0.1, -0.05) is 29.3 Å². The summed E-state index contributed by atoms with van der Waals surface area (Å²) in [5, 5.41) is 8.28. The van der Waals surface area contributed by atoms with E-state index in [1.54, 1.807) is 18.2 Å². The Kier molecular flexibility index (Phi) is 5.83. The Morgan fingerprint density at radius 1 is 1.27 bits per heavy atom. The molecule has 7 heteroatoms. The van der Waals surface area contributed by atoms with Gasteiger partial charge in [-0.2, -0.15) is 0 Å². The minimum atomic E-state index is -0.365. The number of anilines is 1. The molecule has 1 unspecified atom stereocenters. The van der Waals surface area contributed by atoms with Crippen LogP contribution in [0.25, 0.3) is 0 Å². The van der Waals surface area contributed by atoms with Gasteiger partial charge in [0.05, 0.1) is 23.2 Å². The molecule has 2 aromatic rings. The van der Waals surface area contributed by atoms with Gasteiger partial charge in [0, 0.05) is 16.8 Å². The summed E-state index contributed by atoms with van der Waals surface area (Å²) in [5.41, 5.74) is 0.451. The van der Waals surface area contributed by atoms with E-state index in [-0.39, 0.29) is 24.3 Å². The molecule has 1 heterocycles. The number of halogens is 2. The van der Waals surface area contributed by atoms with Gasteiger partial charge in [0.2, 0.25) is 11.8 Å². The summed E-state index contributed by atoms with van der Waals surface area (Å²) in [6, 6.07) is 8.23. The molecule has 1 aromatic heterocycles. The molecule has 0 bridgehead atoms. The van der Waals surface area contributed by atoms with Crippen LogP contribution >= 0.6 is 34.5 Å². The number of carbonyl (C=O) groups excluding carboxylic acids is 2. The zero-order valence-electron chi connectivity index (χ0n) is 11.7. The van der Waals surface area contributed by atoms with Crippen LogP contribution in [0.15, 0.2) is 35.7 Å². The van der Waals surface area contributed by atoms with E-state index >= 15 is 0 Å². The highest BCUT2D eigenvalue weighted by atomic mass is 35.5. The average Bonchev–Trinajstić information content (AvgIpc) is 2.95. The molecule has 0 radical (unpaired) electrons. The van der Waals surface area contributed by atoms with Crippen molar-refractivity contribution in [2.45, 2.75) is 19.4 Å². The van der Waals surface area contributed by atoms with E-state index in [0.29, 0.717) is 15.7 Å². The lowest BCUT2D eigenvalue weighted by Crippen LogP contribution is -2.29. The van der Waals surface area contributed by atoms with Crippen LogP contribution < -0.4 is 10.6 Å². The lowest BCUT2D eigenvalue weighted by molar-refractivity contribution is -0.120. The van der Waals surface area contributed by atoms with E-state index in [4.69, 9.17) is 23.2 Å². The highest BCUT2D eigenvalue weighted by molar-refractivity contribution is 7.10. The maximum absolute atomic E-state index is 12.2. The molecule has 1 atom stereocenters. The minimum Gasteiger partial charge on any atom is -0.348 e. The molecule has 4 nitrogen and oxygen atoms in total. The second kappa shape index (κ2) is 7.63. The maximum Gasteiger partial charge on any atom is 0.226 e. The van der Waals surface area contributed by atoms with Gasteiger partial charge >= 0.3 is 0 Å². The van der Waals surface area contributed by atoms with Crippen molar-refractivity contribution >= 4 is 52.0 Å². The molecular weight excluding hydrogens is 343 g/mol. The van der Waals surface area contributed by atoms with E-state index in [1.807, 2.05) is 17.5 Å². The molecule has 2 rings (SSSR count). The molecule has 116 valence electrons. The first-order chi connectivity index (χ1) is 10.5. The summed E-state index contributed by atoms with van der Waals surface area (Å²) in [5.74, 6) is -0.441. The SMILES string of the molecule is CC(=O)NC(CC(=O)Nc1cc(Cl)ccc1Cl)c1cccs1. The fraction of sp³-hybridized carbons (Fsp3) is 0.200. The van der Waals surface area contributed by atoms with E-state index in [1.165, 1.54) is 18.3 Å². The van der Waals surface area contributed by atoms with Crippen molar-refractivity contribution in [2.24, 2.45) is 0 Å². The van der Waals surface area contributed by atoms with Crippen LogP contribution in [0.1, 0.15) is 24.3 Å². The number of thiophene rings is 1. The molecule has 1 aromatic carbocycles.